The fourth-order valence-corrected chi connectivity index (χ4v) is 1.71. The Balaban J connectivity index is 2.24. The Morgan fingerprint density at radius 3 is 2.65 bits per heavy atom. The molecule has 92 valence electrons. The average Bonchev–Trinajstić information content (AvgIpc) is 2.31. The van der Waals surface area contributed by atoms with Crippen LogP contribution < -0.4 is 4.74 Å². The van der Waals surface area contributed by atoms with Crippen LogP contribution in [0.3, 0.4) is 0 Å². The standard InChI is InChI=1S/C13H17BrN2O/c1-11(9-15)10-16(2)7-8-17-13-5-3-12(14)4-6-13/h3-6,11H,7-8,10H2,1-2H3. The van der Waals surface area contributed by atoms with E-state index in [1.807, 2.05) is 38.2 Å². The van der Waals surface area contributed by atoms with E-state index in [4.69, 9.17) is 10.00 Å². The summed E-state index contributed by atoms with van der Waals surface area (Å²) in [7, 11) is 2.00. The molecule has 0 saturated heterocycles. The Labute approximate surface area is 111 Å². The summed E-state index contributed by atoms with van der Waals surface area (Å²) in [5.74, 6) is 0.933. The van der Waals surface area contributed by atoms with Crippen LogP contribution in [0.5, 0.6) is 5.75 Å². The normalized spacial score (nSPS) is 12.2. The van der Waals surface area contributed by atoms with Crippen molar-refractivity contribution >= 4 is 15.9 Å². The van der Waals surface area contributed by atoms with Crippen LogP contribution in [-0.4, -0.2) is 31.6 Å². The van der Waals surface area contributed by atoms with E-state index in [2.05, 4.69) is 26.9 Å². The SMILES string of the molecule is CC(C#N)CN(C)CCOc1ccc(Br)cc1. The number of hydrogen-bond donors (Lipinski definition) is 0. The van der Waals surface area contributed by atoms with Crippen molar-refractivity contribution in [3.63, 3.8) is 0 Å². The summed E-state index contributed by atoms with van der Waals surface area (Å²) in [6.07, 6.45) is 0. The molecule has 0 spiro atoms. The molecule has 1 aromatic carbocycles. The Morgan fingerprint density at radius 1 is 1.41 bits per heavy atom. The Hall–Kier alpha value is -1.05. The van der Waals surface area contributed by atoms with Crippen molar-refractivity contribution in [1.29, 1.82) is 5.26 Å². The largest absolute Gasteiger partial charge is 0.492 e. The smallest absolute Gasteiger partial charge is 0.119 e. The van der Waals surface area contributed by atoms with Gasteiger partial charge in [-0.1, -0.05) is 15.9 Å². The van der Waals surface area contributed by atoms with Crippen LogP contribution in [0.15, 0.2) is 28.7 Å². The molecule has 0 aliphatic heterocycles. The van der Waals surface area contributed by atoms with E-state index < -0.39 is 0 Å². The molecule has 0 radical (unpaired) electrons. The predicted octanol–water partition coefficient (Wildman–Crippen LogP) is 2.92. The van der Waals surface area contributed by atoms with Crippen LogP contribution in [0.4, 0.5) is 0 Å². The molecule has 0 heterocycles. The van der Waals surface area contributed by atoms with Crippen molar-refractivity contribution in [1.82, 2.24) is 4.90 Å². The minimum atomic E-state index is 0.0627. The van der Waals surface area contributed by atoms with Gasteiger partial charge in [0.2, 0.25) is 0 Å². The molecule has 0 aliphatic carbocycles. The number of rotatable bonds is 6. The second-order valence-electron chi connectivity index (χ2n) is 4.09. The van der Waals surface area contributed by atoms with Crippen molar-refractivity contribution in [3.8, 4) is 11.8 Å². The third-order valence-electron chi connectivity index (χ3n) is 2.36. The van der Waals surface area contributed by atoms with Crippen molar-refractivity contribution in [2.75, 3.05) is 26.7 Å². The molecule has 3 nitrogen and oxygen atoms in total. The first-order valence-electron chi connectivity index (χ1n) is 5.58. The molecular weight excluding hydrogens is 280 g/mol. The Bertz CT molecular complexity index is 372. The third-order valence-corrected chi connectivity index (χ3v) is 2.89. The highest BCUT2D eigenvalue weighted by atomic mass is 79.9. The zero-order valence-corrected chi connectivity index (χ0v) is 11.8. The topological polar surface area (TPSA) is 36.3 Å². The van der Waals surface area contributed by atoms with Gasteiger partial charge in [-0.05, 0) is 38.2 Å². The van der Waals surface area contributed by atoms with Crippen LogP contribution in [-0.2, 0) is 0 Å². The van der Waals surface area contributed by atoms with Gasteiger partial charge in [0.1, 0.15) is 12.4 Å². The molecule has 1 atom stereocenters. The van der Waals surface area contributed by atoms with Crippen molar-refractivity contribution < 1.29 is 4.74 Å². The van der Waals surface area contributed by atoms with Crippen LogP contribution in [0.2, 0.25) is 0 Å². The van der Waals surface area contributed by atoms with E-state index in [0.717, 1.165) is 23.3 Å². The number of benzene rings is 1. The molecule has 0 bridgehead atoms. The highest BCUT2D eigenvalue weighted by Gasteiger charge is 2.04. The minimum absolute atomic E-state index is 0.0627. The lowest BCUT2D eigenvalue weighted by Crippen LogP contribution is -2.28. The molecule has 0 amide bonds. The van der Waals surface area contributed by atoms with Gasteiger partial charge in [-0.15, -0.1) is 0 Å². The van der Waals surface area contributed by atoms with E-state index in [1.165, 1.54) is 0 Å². The van der Waals surface area contributed by atoms with E-state index in [9.17, 15) is 0 Å². The van der Waals surface area contributed by atoms with E-state index in [1.54, 1.807) is 0 Å². The van der Waals surface area contributed by atoms with E-state index in [0.29, 0.717) is 6.61 Å². The maximum Gasteiger partial charge on any atom is 0.119 e. The van der Waals surface area contributed by atoms with Gasteiger partial charge in [0, 0.05) is 17.6 Å². The average molecular weight is 297 g/mol. The van der Waals surface area contributed by atoms with Gasteiger partial charge in [-0.25, -0.2) is 0 Å². The zero-order valence-electron chi connectivity index (χ0n) is 10.2. The Morgan fingerprint density at radius 2 is 2.06 bits per heavy atom. The quantitative estimate of drug-likeness (QED) is 0.810. The molecule has 1 rings (SSSR count). The van der Waals surface area contributed by atoms with Crippen LogP contribution >= 0.6 is 15.9 Å². The summed E-state index contributed by atoms with van der Waals surface area (Å²) in [4.78, 5) is 2.10. The van der Waals surface area contributed by atoms with Crippen molar-refractivity contribution in [2.45, 2.75) is 6.92 Å². The first-order valence-corrected chi connectivity index (χ1v) is 6.37. The van der Waals surface area contributed by atoms with Crippen molar-refractivity contribution in [2.24, 2.45) is 5.92 Å². The molecule has 0 saturated carbocycles. The highest BCUT2D eigenvalue weighted by Crippen LogP contribution is 2.15. The summed E-state index contributed by atoms with van der Waals surface area (Å²) in [5.41, 5.74) is 0. The van der Waals surface area contributed by atoms with Crippen LogP contribution in [0, 0.1) is 17.2 Å². The molecular formula is C13H17BrN2O. The summed E-state index contributed by atoms with van der Waals surface area (Å²) in [6, 6.07) is 10.00. The van der Waals surface area contributed by atoms with Gasteiger partial charge in [0.15, 0.2) is 0 Å². The number of nitrogens with zero attached hydrogens (tertiary/aromatic N) is 2. The molecule has 0 fully saturated rings. The van der Waals surface area contributed by atoms with E-state index in [-0.39, 0.29) is 5.92 Å². The number of ether oxygens (including phenoxy) is 1. The van der Waals surface area contributed by atoms with Gasteiger partial charge in [-0.3, -0.25) is 0 Å². The number of hydrogen-bond acceptors (Lipinski definition) is 3. The van der Waals surface area contributed by atoms with Gasteiger partial charge >= 0.3 is 0 Å². The predicted molar refractivity (Wildman–Crippen MR) is 71.9 cm³/mol. The minimum Gasteiger partial charge on any atom is -0.492 e. The van der Waals surface area contributed by atoms with Crippen LogP contribution in [0.1, 0.15) is 6.92 Å². The van der Waals surface area contributed by atoms with Gasteiger partial charge < -0.3 is 9.64 Å². The fourth-order valence-electron chi connectivity index (χ4n) is 1.45. The molecule has 1 unspecified atom stereocenters. The van der Waals surface area contributed by atoms with Gasteiger partial charge in [0.05, 0.1) is 12.0 Å². The maximum absolute atomic E-state index is 8.70. The lowest BCUT2D eigenvalue weighted by molar-refractivity contribution is 0.228. The van der Waals surface area contributed by atoms with Gasteiger partial charge in [-0.2, -0.15) is 5.26 Å². The second kappa shape index (κ2) is 7.31. The zero-order chi connectivity index (χ0) is 12.7. The molecule has 0 aromatic heterocycles. The van der Waals surface area contributed by atoms with Gasteiger partial charge in [0.25, 0.3) is 0 Å². The molecule has 0 N–H and O–H groups in total. The molecule has 4 heteroatoms. The number of likely N-dealkylation sites (N-methyl/N-ethyl adjacent to an activating group) is 1. The molecule has 17 heavy (non-hydrogen) atoms. The summed E-state index contributed by atoms with van der Waals surface area (Å²) >= 11 is 3.38. The maximum atomic E-state index is 8.70. The summed E-state index contributed by atoms with van der Waals surface area (Å²) in [6.45, 7) is 4.16. The van der Waals surface area contributed by atoms with Crippen LogP contribution in [0.25, 0.3) is 0 Å². The number of halogens is 1. The lowest BCUT2D eigenvalue weighted by Gasteiger charge is -2.17. The van der Waals surface area contributed by atoms with E-state index >= 15 is 0 Å². The third kappa shape index (κ3) is 5.71. The fraction of sp³-hybridized carbons (Fsp3) is 0.462. The summed E-state index contributed by atoms with van der Waals surface area (Å²) in [5, 5.41) is 8.70. The van der Waals surface area contributed by atoms with Crippen molar-refractivity contribution in [3.05, 3.63) is 28.7 Å². The second-order valence-corrected chi connectivity index (χ2v) is 5.01. The highest BCUT2D eigenvalue weighted by molar-refractivity contribution is 9.10. The Kier molecular flexibility index (Phi) is 6.03. The summed E-state index contributed by atoms with van der Waals surface area (Å²) < 4.78 is 6.65. The molecule has 1 aromatic rings. The first kappa shape index (κ1) is 14.0. The monoisotopic (exact) mass is 296 g/mol. The first-order chi connectivity index (χ1) is 8.11. The molecule has 0 aliphatic rings. The number of nitriles is 1. The lowest BCUT2D eigenvalue weighted by atomic mass is 10.2.